The second-order valence-electron chi connectivity index (χ2n) is 10.4. The van der Waals surface area contributed by atoms with Gasteiger partial charge in [-0.05, 0) is 85.5 Å². The van der Waals surface area contributed by atoms with Crippen LogP contribution in [0.2, 0.25) is 0 Å². The number of anilines is 1. The van der Waals surface area contributed by atoms with Gasteiger partial charge in [-0.2, -0.15) is 0 Å². The molecule has 1 aromatic carbocycles. The Morgan fingerprint density at radius 1 is 1.24 bits per heavy atom. The number of nitrogens with two attached hydrogens (primary N) is 2. The molecule has 4 aromatic heterocycles. The number of nitrogens with zero attached hydrogens (tertiary/aromatic N) is 6. The van der Waals surface area contributed by atoms with Gasteiger partial charge in [0.25, 0.3) is 0 Å². The first-order chi connectivity index (χ1) is 20.4. The Morgan fingerprint density at radius 2 is 2.07 bits per heavy atom. The lowest BCUT2D eigenvalue weighted by Gasteiger charge is -2.13. The average Bonchev–Trinajstić information content (AvgIpc) is 3.56. The van der Waals surface area contributed by atoms with E-state index in [0.29, 0.717) is 42.5 Å². The summed E-state index contributed by atoms with van der Waals surface area (Å²) in [7, 11) is 1.96. The summed E-state index contributed by atoms with van der Waals surface area (Å²) in [5.41, 5.74) is 19.5. The number of pyridine rings is 2. The minimum absolute atomic E-state index is 0.335. The molecule has 0 unspecified atom stereocenters. The summed E-state index contributed by atoms with van der Waals surface area (Å²) in [6.45, 7) is 5.51. The predicted octanol–water partition coefficient (Wildman–Crippen LogP) is 3.95. The summed E-state index contributed by atoms with van der Waals surface area (Å²) >= 11 is 0. The van der Waals surface area contributed by atoms with Gasteiger partial charge in [0.15, 0.2) is 6.29 Å². The monoisotopic (exact) mass is 565 g/mol. The Bertz CT molecular complexity index is 1770. The third kappa shape index (κ3) is 6.36. The zero-order valence-corrected chi connectivity index (χ0v) is 24.0. The highest BCUT2D eigenvalue weighted by atomic mass is 16.4. The van der Waals surface area contributed by atoms with Crippen molar-refractivity contribution < 1.29 is 9.21 Å². The van der Waals surface area contributed by atoms with Crippen LogP contribution >= 0.6 is 0 Å². The molecular weight excluding hydrogens is 530 g/mol. The van der Waals surface area contributed by atoms with Gasteiger partial charge in [0, 0.05) is 54.1 Å². The van der Waals surface area contributed by atoms with Crippen LogP contribution in [0.5, 0.6) is 0 Å². The maximum absolute atomic E-state index is 10.7. The maximum Gasteiger partial charge on any atom is 0.220 e. The third-order valence-electron chi connectivity index (χ3n) is 7.38. The highest BCUT2D eigenvalue weighted by Gasteiger charge is 2.25. The van der Waals surface area contributed by atoms with Crippen molar-refractivity contribution in [3.05, 3.63) is 94.4 Å². The molecule has 5 N–H and O–H groups in total. The molecule has 6 rings (SSSR count). The van der Waals surface area contributed by atoms with Gasteiger partial charge in [0.2, 0.25) is 12.3 Å². The van der Waals surface area contributed by atoms with Gasteiger partial charge >= 0.3 is 0 Å². The molecule has 1 fully saturated rings. The van der Waals surface area contributed by atoms with Gasteiger partial charge in [-0.3, -0.25) is 9.79 Å². The van der Waals surface area contributed by atoms with Crippen molar-refractivity contribution in [1.82, 2.24) is 29.9 Å². The van der Waals surface area contributed by atoms with Crippen LogP contribution in [0.15, 0.2) is 64.4 Å². The molecular formula is C31H35N9O2. The van der Waals surface area contributed by atoms with Gasteiger partial charge in [0.05, 0.1) is 18.7 Å². The number of aliphatic imine (C=N–C) groups is 1. The number of aryl methyl sites for hydroxylation is 2. The molecule has 11 heteroatoms. The minimum atomic E-state index is 0.335. The van der Waals surface area contributed by atoms with Crippen LogP contribution in [0.1, 0.15) is 58.2 Å². The molecule has 11 nitrogen and oxygen atoms in total. The Kier molecular flexibility index (Phi) is 8.68. The maximum atomic E-state index is 10.7. The first-order valence-electron chi connectivity index (χ1n) is 13.8. The summed E-state index contributed by atoms with van der Waals surface area (Å²) in [5, 5.41) is 13.2. The molecule has 0 bridgehead atoms. The van der Waals surface area contributed by atoms with Crippen LogP contribution in [0.4, 0.5) is 5.82 Å². The Balaban J connectivity index is 0.000000189. The summed E-state index contributed by atoms with van der Waals surface area (Å²) in [5.74, 6) is 1.79. The van der Waals surface area contributed by atoms with Crippen LogP contribution < -0.4 is 16.8 Å². The number of allylic oxidation sites excluding steroid dienone is 1. The lowest BCUT2D eigenvalue weighted by Crippen LogP contribution is -2.09. The summed E-state index contributed by atoms with van der Waals surface area (Å²) in [4.78, 5) is 23.8. The fourth-order valence-electron chi connectivity index (χ4n) is 5.06. The Morgan fingerprint density at radius 3 is 2.76 bits per heavy atom. The van der Waals surface area contributed by atoms with E-state index < -0.39 is 0 Å². The average molecular weight is 566 g/mol. The van der Waals surface area contributed by atoms with Crippen LogP contribution in [-0.2, 0) is 24.3 Å². The predicted molar refractivity (Wildman–Crippen MR) is 163 cm³/mol. The number of nitrogen functional groups attached to an aromatic ring is 1. The van der Waals surface area contributed by atoms with Crippen molar-refractivity contribution in [3.8, 4) is 0 Å². The number of fused-ring (bicyclic) bond motifs is 2. The summed E-state index contributed by atoms with van der Waals surface area (Å²) < 4.78 is 7.32. The molecule has 0 amide bonds. The van der Waals surface area contributed by atoms with Crippen LogP contribution in [0.3, 0.4) is 0 Å². The molecule has 5 aromatic rings. The molecule has 1 aliphatic carbocycles. The molecule has 216 valence electrons. The zero-order chi connectivity index (χ0) is 29.6. The van der Waals surface area contributed by atoms with Gasteiger partial charge in [-0.25, -0.2) is 9.97 Å². The third-order valence-corrected chi connectivity index (χ3v) is 7.38. The quantitative estimate of drug-likeness (QED) is 0.136. The number of benzene rings is 1. The zero-order valence-electron chi connectivity index (χ0n) is 24.0. The number of nitrogens with one attached hydrogen (secondary N) is 1. The minimum Gasteiger partial charge on any atom is -0.428 e. The lowest BCUT2D eigenvalue weighted by molar-refractivity contribution is -0.104. The van der Waals surface area contributed by atoms with Crippen LogP contribution in [-0.4, -0.2) is 44.1 Å². The fourth-order valence-corrected chi connectivity index (χ4v) is 5.06. The lowest BCUT2D eigenvalue weighted by atomic mass is 9.96. The molecule has 0 saturated heterocycles. The standard InChI is InChI=1S/C18H18N6O2.C13H17N3/c19-5-12(10-25)6-20-7-16-9-24-8-15(13-1-2-13)3-14(18(24)22-16)4-17-23-21-11-26-17;1-8-6-11-10(4-5-16-13(11)14)9(2)12(8)7-15-3/h3,5-6,8-11,13H,1-2,4,7,19H2;4-6,15H,7H2,1-3H3,(H2,14,16)/b12-5+,20-6?;. The van der Waals surface area contributed by atoms with Gasteiger partial charge in [-0.15, -0.1) is 10.2 Å². The molecule has 4 heterocycles. The topological polar surface area (TPSA) is 163 Å². The second kappa shape index (κ2) is 12.7. The molecule has 0 spiro atoms. The molecule has 0 aliphatic heterocycles. The molecule has 1 saturated carbocycles. The molecule has 0 atom stereocenters. The van der Waals surface area contributed by atoms with Gasteiger partial charge in [0.1, 0.15) is 11.5 Å². The van der Waals surface area contributed by atoms with Crippen LogP contribution in [0.25, 0.3) is 16.4 Å². The summed E-state index contributed by atoms with van der Waals surface area (Å²) in [6, 6.07) is 6.33. The van der Waals surface area contributed by atoms with E-state index in [9.17, 15) is 4.79 Å². The number of rotatable bonds is 9. The van der Waals surface area contributed by atoms with Gasteiger partial charge < -0.3 is 25.6 Å². The van der Waals surface area contributed by atoms with E-state index in [1.54, 1.807) is 6.20 Å². The molecule has 0 radical (unpaired) electrons. The van der Waals surface area contributed by atoms with Crippen molar-refractivity contribution in [1.29, 1.82) is 0 Å². The number of aromatic nitrogens is 5. The number of hydrogen-bond donors (Lipinski definition) is 3. The Labute approximate surface area is 243 Å². The van der Waals surface area contributed by atoms with E-state index in [4.69, 9.17) is 15.9 Å². The van der Waals surface area contributed by atoms with E-state index in [-0.39, 0.29) is 0 Å². The number of carbonyl (C=O) groups excluding carboxylic acids is 1. The summed E-state index contributed by atoms with van der Waals surface area (Å²) in [6.07, 6.45) is 13.5. The number of aldehydes is 1. The molecule has 42 heavy (non-hydrogen) atoms. The Hall–Kier alpha value is -4.90. The van der Waals surface area contributed by atoms with E-state index in [2.05, 4.69) is 62.7 Å². The van der Waals surface area contributed by atoms with Crippen molar-refractivity contribution in [2.75, 3.05) is 12.8 Å². The van der Waals surface area contributed by atoms with E-state index in [0.717, 1.165) is 28.8 Å². The largest absolute Gasteiger partial charge is 0.428 e. The second-order valence-corrected chi connectivity index (χ2v) is 10.4. The van der Waals surface area contributed by atoms with Crippen molar-refractivity contribution >= 4 is 34.7 Å². The first kappa shape index (κ1) is 28.6. The fraction of sp³-hybridized carbons (Fsp3) is 0.290. The normalized spacial score (nSPS) is 13.5. The number of carbonyl (C=O) groups is 1. The van der Waals surface area contributed by atoms with Gasteiger partial charge in [-0.1, -0.05) is 0 Å². The smallest absolute Gasteiger partial charge is 0.220 e. The SMILES string of the molecule is CNCc1c(C)cc2c(N)nccc2c1C.N/C=C(/C=O)C=NCc1cn2cc(C3CC3)cc(Cc3nnco3)c2n1. The number of imidazole rings is 1. The van der Waals surface area contributed by atoms with Crippen molar-refractivity contribution in [2.24, 2.45) is 10.7 Å². The number of hydrogen-bond acceptors (Lipinski definition) is 10. The highest BCUT2D eigenvalue weighted by Crippen LogP contribution is 2.40. The molecule has 1 aliphatic rings. The highest BCUT2D eigenvalue weighted by molar-refractivity contribution is 6.01. The van der Waals surface area contributed by atoms with E-state index >= 15 is 0 Å². The van der Waals surface area contributed by atoms with E-state index in [1.165, 1.54) is 59.3 Å². The van der Waals surface area contributed by atoms with Crippen molar-refractivity contribution in [2.45, 2.75) is 52.1 Å². The van der Waals surface area contributed by atoms with E-state index in [1.807, 2.05) is 23.7 Å². The van der Waals surface area contributed by atoms with Crippen molar-refractivity contribution in [3.63, 3.8) is 0 Å². The van der Waals surface area contributed by atoms with Crippen LogP contribution in [0, 0.1) is 13.8 Å². The first-order valence-corrected chi connectivity index (χ1v) is 13.8.